The van der Waals surface area contributed by atoms with Gasteiger partial charge in [-0.25, -0.2) is 4.98 Å². The van der Waals surface area contributed by atoms with Gasteiger partial charge < -0.3 is 10.2 Å². The second-order valence-electron chi connectivity index (χ2n) is 5.70. The van der Waals surface area contributed by atoms with Crippen molar-refractivity contribution >= 4 is 22.3 Å². The summed E-state index contributed by atoms with van der Waals surface area (Å²) in [6.07, 6.45) is 7.23. The second kappa shape index (κ2) is 5.70. The van der Waals surface area contributed by atoms with E-state index in [1.807, 2.05) is 13.2 Å². The third-order valence-corrected chi connectivity index (χ3v) is 4.20. The van der Waals surface area contributed by atoms with Gasteiger partial charge in [0.15, 0.2) is 0 Å². The first kappa shape index (κ1) is 13.2. The van der Waals surface area contributed by atoms with Gasteiger partial charge in [0.25, 0.3) is 0 Å². The predicted molar refractivity (Wildman–Crippen MR) is 86.7 cm³/mol. The van der Waals surface area contributed by atoms with Gasteiger partial charge in [-0.3, -0.25) is 0 Å². The Morgan fingerprint density at radius 3 is 2.50 bits per heavy atom. The lowest BCUT2D eigenvalue weighted by molar-refractivity contribution is 0.726. The van der Waals surface area contributed by atoms with Crippen molar-refractivity contribution in [2.24, 2.45) is 0 Å². The van der Waals surface area contributed by atoms with Crippen molar-refractivity contribution in [1.82, 2.24) is 4.98 Å². The lowest BCUT2D eigenvalue weighted by atomic mass is 10.1. The molecule has 3 nitrogen and oxygen atoms in total. The molecule has 1 saturated heterocycles. The number of pyridine rings is 1. The summed E-state index contributed by atoms with van der Waals surface area (Å²) >= 11 is 0. The van der Waals surface area contributed by atoms with Crippen LogP contribution >= 0.6 is 0 Å². The highest BCUT2D eigenvalue weighted by Crippen LogP contribution is 2.31. The van der Waals surface area contributed by atoms with Gasteiger partial charge in [-0.15, -0.1) is 0 Å². The maximum Gasteiger partial charge on any atom is 0.136 e. The number of hydrogen-bond donors (Lipinski definition) is 1. The van der Waals surface area contributed by atoms with Gasteiger partial charge >= 0.3 is 0 Å². The monoisotopic (exact) mass is 269 g/mol. The number of nitrogens with zero attached hydrogens (tertiary/aromatic N) is 2. The summed E-state index contributed by atoms with van der Waals surface area (Å²) in [4.78, 5) is 7.21. The van der Waals surface area contributed by atoms with Crippen molar-refractivity contribution in [3.63, 3.8) is 0 Å². The van der Waals surface area contributed by atoms with Crippen LogP contribution in [0.2, 0.25) is 0 Å². The van der Waals surface area contributed by atoms with Crippen LogP contribution in [0.5, 0.6) is 0 Å². The Labute approximate surface area is 121 Å². The fraction of sp³-hybridized carbons (Fsp3) is 0.471. The number of anilines is 2. The van der Waals surface area contributed by atoms with Gasteiger partial charge in [-0.2, -0.15) is 0 Å². The van der Waals surface area contributed by atoms with Crippen LogP contribution in [-0.2, 0) is 0 Å². The summed E-state index contributed by atoms with van der Waals surface area (Å²) in [5.74, 6) is 1.16. The predicted octanol–water partition coefficient (Wildman–Crippen LogP) is 3.97. The first-order valence-corrected chi connectivity index (χ1v) is 7.61. The van der Waals surface area contributed by atoms with Crippen LogP contribution in [0.1, 0.15) is 31.2 Å². The molecule has 1 aromatic carbocycles. The maximum absolute atomic E-state index is 4.75. The molecule has 1 aliphatic rings. The van der Waals surface area contributed by atoms with E-state index in [1.165, 1.54) is 42.0 Å². The first-order chi connectivity index (χ1) is 9.79. The number of hydrogen-bond acceptors (Lipinski definition) is 3. The molecular formula is C17H23N3. The molecule has 0 atom stereocenters. The molecule has 1 aliphatic heterocycles. The molecule has 0 radical (unpaired) electrons. The van der Waals surface area contributed by atoms with E-state index in [4.69, 9.17) is 4.98 Å². The zero-order valence-corrected chi connectivity index (χ0v) is 12.4. The number of aryl methyl sites for hydroxylation is 1. The molecule has 1 fully saturated rings. The van der Waals surface area contributed by atoms with Crippen molar-refractivity contribution in [2.45, 2.75) is 32.6 Å². The lowest BCUT2D eigenvalue weighted by Gasteiger charge is -2.24. The molecule has 0 spiro atoms. The van der Waals surface area contributed by atoms with Crippen LogP contribution in [0.15, 0.2) is 24.4 Å². The molecular weight excluding hydrogens is 246 g/mol. The highest BCUT2D eigenvalue weighted by Gasteiger charge is 2.15. The molecule has 1 N–H and O–H groups in total. The second-order valence-corrected chi connectivity index (χ2v) is 5.70. The van der Waals surface area contributed by atoms with Crippen molar-refractivity contribution in [3.8, 4) is 0 Å². The van der Waals surface area contributed by atoms with Crippen LogP contribution in [0.3, 0.4) is 0 Å². The Balaban J connectivity index is 2.12. The van der Waals surface area contributed by atoms with Gasteiger partial charge in [0.05, 0.1) is 11.9 Å². The zero-order chi connectivity index (χ0) is 13.9. The van der Waals surface area contributed by atoms with E-state index in [0.717, 1.165) is 24.6 Å². The quantitative estimate of drug-likeness (QED) is 0.894. The molecule has 2 heterocycles. The Bertz CT molecular complexity index is 598. The number of benzene rings is 1. The van der Waals surface area contributed by atoms with Crippen molar-refractivity contribution in [2.75, 3.05) is 30.4 Å². The number of fused-ring (bicyclic) bond motifs is 1. The third kappa shape index (κ3) is 2.45. The molecule has 20 heavy (non-hydrogen) atoms. The average molecular weight is 269 g/mol. The summed E-state index contributed by atoms with van der Waals surface area (Å²) in [5.41, 5.74) is 2.40. The van der Waals surface area contributed by atoms with Crippen molar-refractivity contribution < 1.29 is 0 Å². The Kier molecular flexibility index (Phi) is 3.77. The minimum atomic E-state index is 1.11. The van der Waals surface area contributed by atoms with Gasteiger partial charge in [-0.1, -0.05) is 30.5 Å². The van der Waals surface area contributed by atoms with E-state index in [0.29, 0.717) is 0 Å². The number of nitrogens with one attached hydrogen (secondary N) is 1. The standard InChI is InChI=1S/C17H23N3/c1-13-7-8-14-15(11-13)17(19-12-16(14)18-2)20-9-5-3-4-6-10-20/h7-8,11-12,18H,3-6,9-10H2,1-2H3. The van der Waals surface area contributed by atoms with Gasteiger partial charge in [-0.05, 0) is 25.8 Å². The maximum atomic E-state index is 4.75. The summed E-state index contributed by atoms with van der Waals surface area (Å²) in [7, 11) is 1.96. The molecule has 0 amide bonds. The highest BCUT2D eigenvalue weighted by atomic mass is 15.2. The molecule has 1 aromatic heterocycles. The topological polar surface area (TPSA) is 28.2 Å². The molecule has 3 rings (SSSR count). The molecule has 0 aliphatic carbocycles. The largest absolute Gasteiger partial charge is 0.386 e. The number of aromatic nitrogens is 1. The van der Waals surface area contributed by atoms with E-state index >= 15 is 0 Å². The summed E-state index contributed by atoms with van der Waals surface area (Å²) < 4.78 is 0. The van der Waals surface area contributed by atoms with E-state index in [1.54, 1.807) is 0 Å². The smallest absolute Gasteiger partial charge is 0.136 e. The van der Waals surface area contributed by atoms with Crippen LogP contribution in [0.4, 0.5) is 11.5 Å². The van der Waals surface area contributed by atoms with Gasteiger partial charge in [0.1, 0.15) is 5.82 Å². The van der Waals surface area contributed by atoms with E-state index in [-0.39, 0.29) is 0 Å². The fourth-order valence-electron chi connectivity index (χ4n) is 3.08. The van der Waals surface area contributed by atoms with Crippen molar-refractivity contribution in [3.05, 3.63) is 30.0 Å². The SMILES string of the molecule is CNc1cnc(N2CCCCCC2)c2cc(C)ccc12. The average Bonchev–Trinajstić information content (AvgIpc) is 2.75. The lowest BCUT2D eigenvalue weighted by Crippen LogP contribution is -2.25. The molecule has 2 aromatic rings. The Morgan fingerprint density at radius 2 is 1.80 bits per heavy atom. The summed E-state index contributed by atoms with van der Waals surface area (Å²) in [6, 6.07) is 6.65. The fourth-order valence-corrected chi connectivity index (χ4v) is 3.08. The van der Waals surface area contributed by atoms with Crippen LogP contribution in [-0.4, -0.2) is 25.1 Å². The van der Waals surface area contributed by atoms with Crippen LogP contribution in [0, 0.1) is 6.92 Å². The Hall–Kier alpha value is -1.77. The summed E-state index contributed by atoms with van der Waals surface area (Å²) in [6.45, 7) is 4.42. The number of rotatable bonds is 2. The molecule has 3 heteroatoms. The van der Waals surface area contributed by atoms with Gasteiger partial charge in [0, 0.05) is 30.9 Å². The van der Waals surface area contributed by atoms with Crippen LogP contribution < -0.4 is 10.2 Å². The van der Waals surface area contributed by atoms with E-state index in [2.05, 4.69) is 35.3 Å². The highest BCUT2D eigenvalue weighted by molar-refractivity contribution is 6.00. The Morgan fingerprint density at radius 1 is 1.05 bits per heavy atom. The third-order valence-electron chi connectivity index (χ3n) is 4.20. The first-order valence-electron chi connectivity index (χ1n) is 7.61. The normalized spacial score (nSPS) is 16.2. The van der Waals surface area contributed by atoms with E-state index in [9.17, 15) is 0 Å². The van der Waals surface area contributed by atoms with E-state index < -0.39 is 0 Å². The van der Waals surface area contributed by atoms with Gasteiger partial charge in [0.2, 0.25) is 0 Å². The molecule has 0 saturated carbocycles. The zero-order valence-electron chi connectivity index (χ0n) is 12.4. The van der Waals surface area contributed by atoms with Crippen molar-refractivity contribution in [1.29, 1.82) is 0 Å². The molecule has 0 bridgehead atoms. The molecule has 106 valence electrons. The summed E-state index contributed by atoms with van der Waals surface area (Å²) in [5, 5.41) is 5.80. The minimum Gasteiger partial charge on any atom is -0.386 e. The minimum absolute atomic E-state index is 1.11. The molecule has 0 unspecified atom stereocenters. The van der Waals surface area contributed by atoms with Crippen LogP contribution in [0.25, 0.3) is 10.8 Å².